The van der Waals surface area contributed by atoms with Crippen molar-refractivity contribution in [1.29, 1.82) is 0 Å². The predicted molar refractivity (Wildman–Crippen MR) is 73.4 cm³/mol. The zero-order chi connectivity index (χ0) is 13.0. The Morgan fingerprint density at radius 1 is 1.00 bits per heavy atom. The Morgan fingerprint density at radius 3 is 2.63 bits per heavy atom. The molecular weight excluding hydrogens is 260 g/mol. The number of carbonyl (C=O) groups excluding carboxylic acids is 1. The van der Waals surface area contributed by atoms with Crippen LogP contribution in [0.2, 0.25) is 5.15 Å². The monoisotopic (exact) mass is 266 g/mol. The number of hydrogen-bond acceptors (Lipinski definition) is 3. The van der Waals surface area contributed by atoms with Crippen molar-refractivity contribution in [3.05, 3.63) is 59.0 Å². The van der Waals surface area contributed by atoms with Gasteiger partial charge in [0.05, 0.1) is 5.69 Å². The average molecular weight is 267 g/mol. The van der Waals surface area contributed by atoms with E-state index < -0.39 is 0 Å². The zero-order valence-electron chi connectivity index (χ0n) is 9.72. The van der Waals surface area contributed by atoms with Gasteiger partial charge in [-0.25, -0.2) is 4.98 Å². The van der Waals surface area contributed by atoms with E-state index in [9.17, 15) is 4.79 Å². The molecule has 0 N–H and O–H groups in total. The van der Waals surface area contributed by atoms with Crippen LogP contribution < -0.4 is 0 Å². The van der Waals surface area contributed by atoms with E-state index in [-0.39, 0.29) is 5.78 Å². The molecule has 0 saturated carbocycles. The van der Waals surface area contributed by atoms with E-state index in [4.69, 9.17) is 11.6 Å². The Morgan fingerprint density at radius 2 is 1.79 bits per heavy atom. The molecule has 1 aliphatic carbocycles. The van der Waals surface area contributed by atoms with Gasteiger partial charge in [-0.2, -0.15) is 0 Å². The van der Waals surface area contributed by atoms with Crippen LogP contribution in [0.4, 0.5) is 0 Å². The molecule has 0 unspecified atom stereocenters. The maximum Gasteiger partial charge on any atom is 0.212 e. The Kier molecular flexibility index (Phi) is 2.03. The van der Waals surface area contributed by atoms with Gasteiger partial charge >= 0.3 is 0 Å². The lowest BCUT2D eigenvalue weighted by atomic mass is 9.89. The molecule has 4 rings (SSSR count). The third-order valence-corrected chi connectivity index (χ3v) is 3.55. The van der Waals surface area contributed by atoms with Gasteiger partial charge in [0.25, 0.3) is 0 Å². The summed E-state index contributed by atoms with van der Waals surface area (Å²) < 4.78 is 0. The van der Waals surface area contributed by atoms with Gasteiger partial charge in [-0.15, -0.1) is 0 Å². The SMILES string of the molecule is O=C1c2ccccc2-c2nc(Cl)cc3ccnc1c23. The first-order chi connectivity index (χ1) is 9.25. The molecule has 19 heavy (non-hydrogen) atoms. The van der Waals surface area contributed by atoms with E-state index in [1.54, 1.807) is 18.3 Å². The molecule has 0 atom stereocenters. The zero-order valence-corrected chi connectivity index (χ0v) is 10.5. The van der Waals surface area contributed by atoms with Crippen LogP contribution in [0.1, 0.15) is 16.1 Å². The molecule has 0 radical (unpaired) electrons. The first kappa shape index (κ1) is 10.6. The minimum Gasteiger partial charge on any atom is -0.287 e. The molecule has 0 bridgehead atoms. The number of carbonyl (C=O) groups is 1. The summed E-state index contributed by atoms with van der Waals surface area (Å²) in [6.07, 6.45) is 1.63. The van der Waals surface area contributed by atoms with Crippen LogP contribution in [0.5, 0.6) is 0 Å². The van der Waals surface area contributed by atoms with Gasteiger partial charge < -0.3 is 0 Å². The molecule has 3 nitrogen and oxygen atoms in total. The lowest BCUT2D eigenvalue weighted by molar-refractivity contribution is 0.103. The standard InChI is InChI=1S/C15H7ClN2O/c16-11-7-8-5-6-17-14-12(8)13(18-11)9-3-1-2-4-10(9)15(14)19/h1-7H. The van der Waals surface area contributed by atoms with Crippen LogP contribution in [-0.2, 0) is 0 Å². The second-order valence-electron chi connectivity index (χ2n) is 4.43. The van der Waals surface area contributed by atoms with Crippen molar-refractivity contribution in [2.75, 3.05) is 0 Å². The summed E-state index contributed by atoms with van der Waals surface area (Å²) in [6, 6.07) is 11.0. The Hall–Kier alpha value is -2.26. The van der Waals surface area contributed by atoms with Gasteiger partial charge in [0, 0.05) is 22.7 Å². The van der Waals surface area contributed by atoms with Crippen molar-refractivity contribution in [3.8, 4) is 11.3 Å². The summed E-state index contributed by atoms with van der Waals surface area (Å²) >= 11 is 6.07. The first-order valence-corrected chi connectivity index (χ1v) is 6.23. The van der Waals surface area contributed by atoms with Crippen LogP contribution in [0.3, 0.4) is 0 Å². The minimum atomic E-state index is -0.0576. The summed E-state index contributed by atoms with van der Waals surface area (Å²) in [7, 11) is 0. The average Bonchev–Trinajstić information content (AvgIpc) is 2.44. The van der Waals surface area contributed by atoms with Crippen LogP contribution in [0.15, 0.2) is 42.6 Å². The lowest BCUT2D eigenvalue weighted by Crippen LogP contribution is -2.12. The number of rotatable bonds is 0. The highest BCUT2D eigenvalue weighted by Gasteiger charge is 2.27. The largest absolute Gasteiger partial charge is 0.287 e. The number of nitrogens with zero attached hydrogens (tertiary/aromatic N) is 2. The molecule has 90 valence electrons. The highest BCUT2D eigenvalue weighted by Crippen LogP contribution is 2.37. The molecule has 1 aromatic carbocycles. The van der Waals surface area contributed by atoms with Gasteiger partial charge in [0.15, 0.2) is 0 Å². The molecule has 1 aliphatic rings. The quantitative estimate of drug-likeness (QED) is 0.458. The van der Waals surface area contributed by atoms with Gasteiger partial charge in [-0.05, 0) is 17.5 Å². The number of hydrogen-bond donors (Lipinski definition) is 0. The molecule has 0 saturated heterocycles. The second-order valence-corrected chi connectivity index (χ2v) is 4.81. The number of aromatic nitrogens is 2. The Labute approximate surface area is 113 Å². The molecular formula is C15H7ClN2O. The van der Waals surface area contributed by atoms with E-state index in [2.05, 4.69) is 9.97 Å². The van der Waals surface area contributed by atoms with Crippen molar-refractivity contribution in [2.45, 2.75) is 0 Å². The molecule has 0 fully saturated rings. The summed E-state index contributed by atoms with van der Waals surface area (Å²) in [4.78, 5) is 21.1. The fourth-order valence-electron chi connectivity index (χ4n) is 2.55. The lowest BCUT2D eigenvalue weighted by Gasteiger charge is -2.17. The van der Waals surface area contributed by atoms with Gasteiger partial charge in [0.1, 0.15) is 10.8 Å². The summed E-state index contributed by atoms with van der Waals surface area (Å²) in [5.74, 6) is -0.0576. The smallest absolute Gasteiger partial charge is 0.212 e. The number of ketones is 1. The molecule has 0 spiro atoms. The van der Waals surface area contributed by atoms with Crippen molar-refractivity contribution in [3.63, 3.8) is 0 Å². The Balaban J connectivity index is 2.28. The van der Waals surface area contributed by atoms with Crippen molar-refractivity contribution in [2.24, 2.45) is 0 Å². The molecule has 3 aromatic rings. The van der Waals surface area contributed by atoms with Crippen molar-refractivity contribution in [1.82, 2.24) is 9.97 Å². The normalized spacial score (nSPS) is 12.6. The van der Waals surface area contributed by atoms with E-state index in [0.717, 1.165) is 22.0 Å². The van der Waals surface area contributed by atoms with Crippen LogP contribution >= 0.6 is 11.6 Å². The number of fused-ring (bicyclic) bond motifs is 2. The van der Waals surface area contributed by atoms with Gasteiger partial charge in [0.2, 0.25) is 5.78 Å². The first-order valence-electron chi connectivity index (χ1n) is 5.85. The molecule has 2 heterocycles. The summed E-state index contributed by atoms with van der Waals surface area (Å²) in [5, 5.41) is 2.10. The third kappa shape index (κ3) is 1.36. The summed E-state index contributed by atoms with van der Waals surface area (Å²) in [5.41, 5.74) is 2.64. The van der Waals surface area contributed by atoms with Crippen molar-refractivity contribution < 1.29 is 4.79 Å². The van der Waals surface area contributed by atoms with E-state index in [0.29, 0.717) is 16.4 Å². The molecule has 0 amide bonds. The Bertz CT molecular complexity index is 858. The second kappa shape index (κ2) is 3.62. The number of benzene rings is 1. The van der Waals surface area contributed by atoms with Gasteiger partial charge in [-0.3, -0.25) is 9.78 Å². The van der Waals surface area contributed by atoms with Gasteiger partial charge in [-0.1, -0.05) is 35.9 Å². The highest BCUT2D eigenvalue weighted by atomic mass is 35.5. The van der Waals surface area contributed by atoms with Crippen LogP contribution in [-0.4, -0.2) is 15.8 Å². The molecule has 2 aromatic heterocycles. The van der Waals surface area contributed by atoms with E-state index in [1.807, 2.05) is 24.3 Å². The summed E-state index contributed by atoms with van der Waals surface area (Å²) in [6.45, 7) is 0. The fraction of sp³-hybridized carbons (Fsp3) is 0. The number of pyridine rings is 2. The van der Waals surface area contributed by atoms with Crippen LogP contribution in [0.25, 0.3) is 22.0 Å². The highest BCUT2D eigenvalue weighted by molar-refractivity contribution is 6.31. The third-order valence-electron chi connectivity index (χ3n) is 3.36. The van der Waals surface area contributed by atoms with Crippen LogP contribution in [0, 0.1) is 0 Å². The predicted octanol–water partition coefficient (Wildman–Crippen LogP) is 3.49. The molecule has 0 aliphatic heterocycles. The minimum absolute atomic E-state index is 0.0576. The fourth-order valence-corrected chi connectivity index (χ4v) is 2.75. The van der Waals surface area contributed by atoms with E-state index >= 15 is 0 Å². The molecule has 4 heteroatoms. The topological polar surface area (TPSA) is 42.9 Å². The maximum atomic E-state index is 12.5. The van der Waals surface area contributed by atoms with E-state index in [1.165, 1.54) is 0 Å². The van der Waals surface area contributed by atoms with Crippen molar-refractivity contribution >= 4 is 28.2 Å². The maximum absolute atomic E-state index is 12.5. The number of halogens is 1.